The quantitative estimate of drug-likeness (QED) is 0.654. The zero-order valence-electron chi connectivity index (χ0n) is 15.1. The van der Waals surface area contributed by atoms with E-state index in [9.17, 15) is 13.6 Å². The zero-order chi connectivity index (χ0) is 21.0. The molecular weight excluding hydrogens is 382 g/mol. The molecule has 29 heavy (non-hydrogen) atoms. The smallest absolute Gasteiger partial charge is 0.316 e. The fourth-order valence-corrected chi connectivity index (χ4v) is 2.37. The van der Waals surface area contributed by atoms with Crippen LogP contribution in [0.2, 0.25) is 0 Å². The minimum Gasteiger partial charge on any atom is -0.436 e. The molecule has 3 aromatic rings. The van der Waals surface area contributed by atoms with Crippen LogP contribution >= 0.6 is 0 Å². The van der Waals surface area contributed by atoms with Crippen LogP contribution in [0.5, 0.6) is 23.3 Å². The van der Waals surface area contributed by atoms with Gasteiger partial charge in [0.2, 0.25) is 0 Å². The van der Waals surface area contributed by atoms with Gasteiger partial charge >= 0.3 is 6.03 Å². The summed E-state index contributed by atoms with van der Waals surface area (Å²) in [6.07, 6.45) is 0. The fraction of sp³-hybridized carbons (Fsp3) is 0.0500. The van der Waals surface area contributed by atoms with E-state index in [1.807, 2.05) is 6.07 Å². The van der Waals surface area contributed by atoms with E-state index in [0.29, 0.717) is 11.3 Å². The SMILES string of the molecule is Cc1c(F)c(Oc2cccc(C#N)c2)nc(Oc2cccc(NC(N)=O)c2)c1F. The highest BCUT2D eigenvalue weighted by Crippen LogP contribution is 2.33. The molecule has 0 atom stereocenters. The number of ether oxygens (including phenoxy) is 2. The van der Waals surface area contributed by atoms with Crippen LogP contribution < -0.4 is 20.5 Å². The third kappa shape index (κ3) is 4.56. The number of nitrogens with zero attached hydrogens (tertiary/aromatic N) is 2. The number of carbonyl (C=O) groups excluding carboxylic acids is 1. The normalized spacial score (nSPS) is 10.1. The fourth-order valence-electron chi connectivity index (χ4n) is 2.37. The lowest BCUT2D eigenvalue weighted by molar-refractivity contribution is 0.259. The molecular formula is C20H14F2N4O3. The summed E-state index contributed by atoms with van der Waals surface area (Å²) in [4.78, 5) is 14.7. The van der Waals surface area contributed by atoms with Crippen molar-refractivity contribution < 1.29 is 23.0 Å². The Bertz CT molecular complexity index is 1130. The number of nitrogens with one attached hydrogen (secondary N) is 1. The largest absolute Gasteiger partial charge is 0.436 e. The summed E-state index contributed by atoms with van der Waals surface area (Å²) in [7, 11) is 0. The van der Waals surface area contributed by atoms with Crippen molar-refractivity contribution in [2.24, 2.45) is 5.73 Å². The Morgan fingerprint density at radius 1 is 1.07 bits per heavy atom. The minimum absolute atomic E-state index is 0.131. The van der Waals surface area contributed by atoms with Crippen molar-refractivity contribution in [1.82, 2.24) is 4.98 Å². The lowest BCUT2D eigenvalue weighted by atomic mass is 10.2. The Labute approximate surface area is 164 Å². The molecule has 7 nitrogen and oxygen atoms in total. The summed E-state index contributed by atoms with van der Waals surface area (Å²) in [6.45, 7) is 1.21. The van der Waals surface area contributed by atoms with Crippen LogP contribution in [0.3, 0.4) is 0 Å². The number of hydrogen-bond acceptors (Lipinski definition) is 5. The molecule has 0 saturated heterocycles. The molecule has 0 aliphatic heterocycles. The number of nitriles is 1. The van der Waals surface area contributed by atoms with E-state index >= 15 is 0 Å². The van der Waals surface area contributed by atoms with Gasteiger partial charge < -0.3 is 20.5 Å². The highest BCUT2D eigenvalue weighted by molar-refractivity contribution is 5.87. The molecule has 1 heterocycles. The number of urea groups is 1. The molecule has 1 aromatic heterocycles. The Hall–Kier alpha value is -4.19. The number of hydrogen-bond donors (Lipinski definition) is 2. The van der Waals surface area contributed by atoms with E-state index in [-0.39, 0.29) is 17.1 Å². The first-order valence-electron chi connectivity index (χ1n) is 8.25. The van der Waals surface area contributed by atoms with Gasteiger partial charge in [0.15, 0.2) is 11.6 Å². The van der Waals surface area contributed by atoms with E-state index in [2.05, 4.69) is 10.3 Å². The van der Waals surface area contributed by atoms with Gasteiger partial charge in [0, 0.05) is 17.3 Å². The van der Waals surface area contributed by atoms with Gasteiger partial charge in [-0.1, -0.05) is 12.1 Å². The summed E-state index contributed by atoms with van der Waals surface area (Å²) in [6, 6.07) is 13.1. The molecule has 0 aliphatic carbocycles. The van der Waals surface area contributed by atoms with Crippen LogP contribution in [0.15, 0.2) is 48.5 Å². The van der Waals surface area contributed by atoms with Crippen LogP contribution in [0.25, 0.3) is 0 Å². The molecule has 2 aromatic carbocycles. The number of aromatic nitrogens is 1. The molecule has 3 rings (SSSR count). The summed E-state index contributed by atoms with van der Waals surface area (Å²) >= 11 is 0. The second-order valence-corrected chi connectivity index (χ2v) is 5.84. The monoisotopic (exact) mass is 396 g/mol. The number of nitrogens with two attached hydrogens (primary N) is 1. The maximum atomic E-state index is 14.5. The molecule has 146 valence electrons. The number of rotatable bonds is 5. The molecule has 0 radical (unpaired) electrons. The predicted octanol–water partition coefficient (Wildman–Crippen LogP) is 4.62. The molecule has 0 fully saturated rings. The number of anilines is 1. The second-order valence-electron chi connectivity index (χ2n) is 5.84. The number of pyridine rings is 1. The maximum Gasteiger partial charge on any atom is 0.316 e. The number of carbonyl (C=O) groups is 1. The Morgan fingerprint density at radius 2 is 1.66 bits per heavy atom. The van der Waals surface area contributed by atoms with Crippen molar-refractivity contribution in [2.45, 2.75) is 6.92 Å². The standard InChI is InChI=1S/C20H14F2N4O3/c1-11-16(21)18(28-14-6-2-4-12(8-14)10-23)26-19(17(11)22)29-15-7-3-5-13(9-15)25-20(24)27/h2-9H,1H3,(H3,24,25,27). The summed E-state index contributed by atoms with van der Waals surface area (Å²) in [5.74, 6) is -2.76. The first kappa shape index (κ1) is 19.6. The van der Waals surface area contributed by atoms with Crippen LogP contribution in [-0.4, -0.2) is 11.0 Å². The zero-order valence-corrected chi connectivity index (χ0v) is 15.1. The lowest BCUT2D eigenvalue weighted by Crippen LogP contribution is -2.19. The number of benzene rings is 2. The van der Waals surface area contributed by atoms with Gasteiger partial charge in [-0.05, 0) is 37.3 Å². The van der Waals surface area contributed by atoms with Crippen molar-refractivity contribution in [3.8, 4) is 29.3 Å². The van der Waals surface area contributed by atoms with E-state index in [0.717, 1.165) is 0 Å². The Kier molecular flexibility index (Phi) is 5.55. The van der Waals surface area contributed by atoms with Crippen molar-refractivity contribution >= 4 is 11.7 Å². The highest BCUT2D eigenvalue weighted by Gasteiger charge is 2.21. The van der Waals surface area contributed by atoms with E-state index in [1.165, 1.54) is 31.2 Å². The number of primary amides is 1. The first-order chi connectivity index (χ1) is 13.9. The van der Waals surface area contributed by atoms with Crippen LogP contribution in [-0.2, 0) is 0 Å². The molecule has 0 aliphatic rings. The molecule has 0 spiro atoms. The van der Waals surface area contributed by atoms with Crippen LogP contribution in [0.1, 0.15) is 11.1 Å². The van der Waals surface area contributed by atoms with E-state index in [4.69, 9.17) is 20.5 Å². The molecule has 0 saturated carbocycles. The van der Waals surface area contributed by atoms with Crippen molar-refractivity contribution in [3.05, 3.63) is 71.3 Å². The van der Waals surface area contributed by atoms with Gasteiger partial charge in [-0.25, -0.2) is 13.6 Å². The van der Waals surface area contributed by atoms with Gasteiger partial charge in [-0.3, -0.25) is 0 Å². The number of halogens is 2. The maximum absolute atomic E-state index is 14.5. The van der Waals surface area contributed by atoms with Gasteiger partial charge in [-0.15, -0.1) is 0 Å². The number of amides is 2. The average molecular weight is 396 g/mol. The van der Waals surface area contributed by atoms with Crippen molar-refractivity contribution in [1.29, 1.82) is 5.26 Å². The Balaban J connectivity index is 1.94. The van der Waals surface area contributed by atoms with Gasteiger partial charge in [-0.2, -0.15) is 10.2 Å². The van der Waals surface area contributed by atoms with Gasteiger partial charge in [0.25, 0.3) is 11.8 Å². The predicted molar refractivity (Wildman–Crippen MR) is 99.8 cm³/mol. The first-order valence-corrected chi connectivity index (χ1v) is 8.25. The molecule has 3 N–H and O–H groups in total. The highest BCUT2D eigenvalue weighted by atomic mass is 19.1. The van der Waals surface area contributed by atoms with Gasteiger partial charge in [0.05, 0.1) is 11.6 Å². The molecule has 2 amide bonds. The summed E-state index contributed by atoms with van der Waals surface area (Å²) in [5, 5.41) is 11.3. The average Bonchev–Trinajstić information content (AvgIpc) is 2.70. The van der Waals surface area contributed by atoms with E-state index < -0.39 is 29.4 Å². The summed E-state index contributed by atoms with van der Waals surface area (Å²) < 4.78 is 39.7. The lowest BCUT2D eigenvalue weighted by Gasteiger charge is -2.13. The van der Waals surface area contributed by atoms with E-state index in [1.54, 1.807) is 24.3 Å². The molecule has 9 heteroatoms. The van der Waals surface area contributed by atoms with Crippen LogP contribution in [0.4, 0.5) is 19.3 Å². The van der Waals surface area contributed by atoms with Crippen LogP contribution in [0, 0.1) is 29.9 Å². The molecule has 0 unspecified atom stereocenters. The minimum atomic E-state index is -1.01. The topological polar surface area (TPSA) is 110 Å². The summed E-state index contributed by atoms with van der Waals surface area (Å²) in [5.41, 5.74) is 5.33. The van der Waals surface area contributed by atoms with Crippen molar-refractivity contribution in [2.75, 3.05) is 5.32 Å². The Morgan fingerprint density at radius 3 is 2.24 bits per heavy atom. The molecule has 0 bridgehead atoms. The second kappa shape index (κ2) is 8.22. The van der Waals surface area contributed by atoms with Crippen molar-refractivity contribution in [3.63, 3.8) is 0 Å². The third-order valence-electron chi connectivity index (χ3n) is 3.73. The van der Waals surface area contributed by atoms with Gasteiger partial charge in [0.1, 0.15) is 11.5 Å². The third-order valence-corrected chi connectivity index (χ3v) is 3.73.